The number of benzene rings is 1. The summed E-state index contributed by atoms with van der Waals surface area (Å²) in [6, 6.07) is 6.73. The van der Waals surface area contributed by atoms with Crippen molar-refractivity contribution < 1.29 is 4.74 Å². The van der Waals surface area contributed by atoms with Crippen molar-refractivity contribution >= 4 is 5.96 Å². The third-order valence-corrected chi connectivity index (χ3v) is 3.61. The van der Waals surface area contributed by atoms with Gasteiger partial charge in [-0.2, -0.15) is 0 Å². The Labute approximate surface area is 141 Å². The number of methoxy groups -OCH3 is 1. The Balaban J connectivity index is 2.34. The van der Waals surface area contributed by atoms with E-state index in [0.29, 0.717) is 0 Å². The van der Waals surface area contributed by atoms with Crippen molar-refractivity contribution in [1.82, 2.24) is 10.6 Å². The average molecular weight is 319 g/mol. The van der Waals surface area contributed by atoms with Gasteiger partial charge in [0, 0.05) is 33.4 Å². The molecule has 0 radical (unpaired) electrons. The molecule has 0 saturated carbocycles. The lowest BCUT2D eigenvalue weighted by Crippen LogP contribution is -2.38. The van der Waals surface area contributed by atoms with Crippen LogP contribution in [0.5, 0.6) is 0 Å². The third-order valence-electron chi connectivity index (χ3n) is 3.61. The Hall–Kier alpha value is -1.55. The van der Waals surface area contributed by atoms with Crippen LogP contribution in [0.25, 0.3) is 0 Å². The molecule has 0 bridgehead atoms. The van der Waals surface area contributed by atoms with Crippen LogP contribution in [0, 0.1) is 13.8 Å². The van der Waals surface area contributed by atoms with E-state index >= 15 is 0 Å². The number of rotatable bonds is 10. The molecule has 0 aliphatic rings. The average Bonchev–Trinajstić information content (AvgIpc) is 2.49. The fourth-order valence-corrected chi connectivity index (χ4v) is 2.61. The van der Waals surface area contributed by atoms with Gasteiger partial charge in [0.15, 0.2) is 5.96 Å². The van der Waals surface area contributed by atoms with Crippen molar-refractivity contribution in [2.45, 2.75) is 46.5 Å². The van der Waals surface area contributed by atoms with Crippen LogP contribution in [0.3, 0.4) is 0 Å². The Bertz CT molecular complexity index is 451. The molecule has 0 fully saturated rings. The second-order valence-electron chi connectivity index (χ2n) is 5.99. The first kappa shape index (κ1) is 19.5. The Morgan fingerprint density at radius 3 is 2.43 bits per heavy atom. The lowest BCUT2D eigenvalue weighted by atomic mass is 10.1. The van der Waals surface area contributed by atoms with Crippen molar-refractivity contribution in [2.24, 2.45) is 4.99 Å². The summed E-state index contributed by atoms with van der Waals surface area (Å²) in [4.78, 5) is 4.63. The van der Waals surface area contributed by atoms with Crippen molar-refractivity contribution in [3.63, 3.8) is 0 Å². The van der Waals surface area contributed by atoms with Gasteiger partial charge in [0.1, 0.15) is 0 Å². The van der Waals surface area contributed by atoms with Gasteiger partial charge >= 0.3 is 0 Å². The number of unbranched alkanes of at least 4 members (excludes halogenated alkanes) is 2. The quantitative estimate of drug-likeness (QED) is 0.395. The molecule has 4 nitrogen and oxygen atoms in total. The van der Waals surface area contributed by atoms with Crippen LogP contribution >= 0.6 is 0 Å². The minimum atomic E-state index is 0.845. The van der Waals surface area contributed by atoms with E-state index in [9.17, 15) is 0 Å². The van der Waals surface area contributed by atoms with Crippen LogP contribution in [0.4, 0.5) is 0 Å². The van der Waals surface area contributed by atoms with Gasteiger partial charge in [-0.15, -0.1) is 0 Å². The molecule has 1 aromatic carbocycles. The summed E-state index contributed by atoms with van der Waals surface area (Å²) in [6.07, 6.45) is 4.40. The number of hydrogen-bond acceptors (Lipinski definition) is 2. The van der Waals surface area contributed by atoms with Crippen molar-refractivity contribution in [3.8, 4) is 0 Å². The van der Waals surface area contributed by atoms with E-state index in [2.05, 4.69) is 54.6 Å². The highest BCUT2D eigenvalue weighted by Crippen LogP contribution is 2.08. The summed E-state index contributed by atoms with van der Waals surface area (Å²) in [5.41, 5.74) is 4.04. The Morgan fingerprint density at radius 1 is 1.04 bits per heavy atom. The number of aliphatic imine (C=N–C) groups is 1. The molecule has 0 atom stereocenters. The highest BCUT2D eigenvalue weighted by molar-refractivity contribution is 5.79. The summed E-state index contributed by atoms with van der Waals surface area (Å²) in [7, 11) is 1.75. The molecule has 2 N–H and O–H groups in total. The lowest BCUT2D eigenvalue weighted by Gasteiger charge is -2.12. The summed E-state index contributed by atoms with van der Waals surface area (Å²) in [6.45, 7) is 9.90. The van der Waals surface area contributed by atoms with Crippen molar-refractivity contribution in [3.05, 3.63) is 34.9 Å². The number of guanidine groups is 1. The van der Waals surface area contributed by atoms with Crippen LogP contribution in [-0.4, -0.2) is 39.3 Å². The van der Waals surface area contributed by atoms with Gasteiger partial charge in [0.2, 0.25) is 0 Å². The largest absolute Gasteiger partial charge is 0.385 e. The summed E-state index contributed by atoms with van der Waals surface area (Å²) in [5.74, 6) is 0.920. The molecule has 0 spiro atoms. The maximum atomic E-state index is 5.06. The first-order valence-electron chi connectivity index (χ1n) is 8.74. The van der Waals surface area contributed by atoms with Crippen LogP contribution in [-0.2, 0) is 11.2 Å². The van der Waals surface area contributed by atoms with Gasteiger partial charge < -0.3 is 15.4 Å². The number of nitrogens with one attached hydrogen (secondary N) is 2. The van der Waals surface area contributed by atoms with Gasteiger partial charge in [0.25, 0.3) is 0 Å². The summed E-state index contributed by atoms with van der Waals surface area (Å²) < 4.78 is 5.06. The standard InChI is InChI=1S/C19H33N3O/c1-5-20-19(21-10-7-6-8-12-23-4)22-11-9-18-14-16(2)13-17(3)15-18/h13-15H,5-12H2,1-4H3,(H2,20,21,22). The van der Waals surface area contributed by atoms with E-state index in [1.54, 1.807) is 7.11 Å². The zero-order chi connectivity index (χ0) is 16.9. The van der Waals surface area contributed by atoms with Gasteiger partial charge in [-0.1, -0.05) is 29.3 Å². The van der Waals surface area contributed by atoms with E-state index < -0.39 is 0 Å². The predicted molar refractivity (Wildman–Crippen MR) is 99.3 cm³/mol. The van der Waals surface area contributed by atoms with Crippen molar-refractivity contribution in [2.75, 3.05) is 33.4 Å². The van der Waals surface area contributed by atoms with Crippen LogP contribution in [0.15, 0.2) is 23.2 Å². The number of aryl methyl sites for hydroxylation is 2. The highest BCUT2D eigenvalue weighted by Gasteiger charge is 1.99. The van der Waals surface area contributed by atoms with E-state index in [-0.39, 0.29) is 0 Å². The number of nitrogens with zero attached hydrogens (tertiary/aromatic N) is 1. The molecule has 0 unspecified atom stereocenters. The van der Waals surface area contributed by atoms with Gasteiger partial charge in [0.05, 0.1) is 0 Å². The van der Waals surface area contributed by atoms with Gasteiger partial charge in [-0.3, -0.25) is 4.99 Å². The van der Waals surface area contributed by atoms with Crippen LogP contribution in [0.1, 0.15) is 42.9 Å². The van der Waals surface area contributed by atoms with E-state index in [1.807, 2.05) is 0 Å². The molecule has 0 aliphatic heterocycles. The molecule has 0 aromatic heterocycles. The molecular weight excluding hydrogens is 286 g/mol. The molecule has 1 rings (SSSR count). The fraction of sp³-hybridized carbons (Fsp3) is 0.632. The number of ether oxygens (including phenoxy) is 1. The fourth-order valence-electron chi connectivity index (χ4n) is 2.61. The summed E-state index contributed by atoms with van der Waals surface area (Å²) >= 11 is 0. The normalized spacial score (nSPS) is 11.6. The molecule has 23 heavy (non-hydrogen) atoms. The van der Waals surface area contributed by atoms with Gasteiger partial charge in [-0.25, -0.2) is 0 Å². The zero-order valence-electron chi connectivity index (χ0n) is 15.2. The second-order valence-corrected chi connectivity index (χ2v) is 5.99. The zero-order valence-corrected chi connectivity index (χ0v) is 15.2. The molecule has 0 aliphatic carbocycles. The maximum Gasteiger partial charge on any atom is 0.191 e. The smallest absolute Gasteiger partial charge is 0.191 e. The maximum absolute atomic E-state index is 5.06. The molecule has 4 heteroatoms. The summed E-state index contributed by atoms with van der Waals surface area (Å²) in [5, 5.41) is 6.73. The Morgan fingerprint density at radius 2 is 1.78 bits per heavy atom. The molecule has 0 amide bonds. The van der Waals surface area contributed by atoms with E-state index in [1.165, 1.54) is 23.1 Å². The monoisotopic (exact) mass is 319 g/mol. The molecule has 0 saturated heterocycles. The van der Waals surface area contributed by atoms with Crippen LogP contribution < -0.4 is 10.6 Å². The minimum Gasteiger partial charge on any atom is -0.385 e. The topological polar surface area (TPSA) is 45.7 Å². The second kappa shape index (κ2) is 11.9. The SMILES string of the molecule is CCNC(=NCCCCCOC)NCCc1cc(C)cc(C)c1. The van der Waals surface area contributed by atoms with Crippen molar-refractivity contribution in [1.29, 1.82) is 0 Å². The van der Waals surface area contributed by atoms with E-state index in [0.717, 1.165) is 51.5 Å². The highest BCUT2D eigenvalue weighted by atomic mass is 16.5. The van der Waals surface area contributed by atoms with Crippen LogP contribution in [0.2, 0.25) is 0 Å². The van der Waals surface area contributed by atoms with E-state index in [4.69, 9.17) is 4.74 Å². The lowest BCUT2D eigenvalue weighted by molar-refractivity contribution is 0.192. The third kappa shape index (κ3) is 9.24. The Kier molecular flexibility index (Phi) is 10.1. The first-order chi connectivity index (χ1) is 11.2. The molecule has 0 heterocycles. The number of hydrogen-bond donors (Lipinski definition) is 2. The minimum absolute atomic E-state index is 0.845. The van der Waals surface area contributed by atoms with Gasteiger partial charge in [-0.05, 0) is 52.0 Å². The molecule has 130 valence electrons. The molecule has 1 aromatic rings. The first-order valence-corrected chi connectivity index (χ1v) is 8.74. The predicted octanol–water partition coefficient (Wildman–Crippen LogP) is 3.22. The molecular formula is C19H33N3O.